The van der Waals surface area contributed by atoms with Crippen molar-refractivity contribution in [2.75, 3.05) is 7.11 Å². The third-order valence-corrected chi connectivity index (χ3v) is 3.18. The van der Waals surface area contributed by atoms with Crippen LogP contribution in [0.15, 0.2) is 41.1 Å². The van der Waals surface area contributed by atoms with Gasteiger partial charge in [0.25, 0.3) is 5.89 Å². The summed E-state index contributed by atoms with van der Waals surface area (Å²) in [5.41, 5.74) is -0.491. The van der Waals surface area contributed by atoms with Gasteiger partial charge < -0.3 is 14.4 Å². The first-order chi connectivity index (χ1) is 11.4. The number of phenolic OH excluding ortho intramolecular Hbond substituents is 1. The first-order valence-electron chi connectivity index (χ1n) is 6.63. The molecule has 0 atom stereocenters. The molecule has 9 heteroatoms. The van der Waals surface area contributed by atoms with E-state index in [1.807, 2.05) is 0 Å². The molecule has 0 saturated carbocycles. The van der Waals surface area contributed by atoms with Gasteiger partial charge >= 0.3 is 6.18 Å². The van der Waals surface area contributed by atoms with E-state index in [4.69, 9.17) is 9.26 Å². The smallest absolute Gasteiger partial charge is 0.417 e. The number of aromatic nitrogens is 3. The molecular formula is C15H10F3N3O3. The predicted octanol–water partition coefficient (Wildman–Crippen LogP) is 3.53. The minimum atomic E-state index is -4.47. The van der Waals surface area contributed by atoms with E-state index in [0.29, 0.717) is 11.9 Å². The highest BCUT2D eigenvalue weighted by atomic mass is 19.4. The largest absolute Gasteiger partial charge is 0.507 e. The Hall–Kier alpha value is -3.10. The van der Waals surface area contributed by atoms with Crippen molar-refractivity contribution in [1.82, 2.24) is 15.1 Å². The van der Waals surface area contributed by atoms with Crippen molar-refractivity contribution in [3.8, 4) is 34.5 Å². The Morgan fingerprint density at radius 1 is 1.17 bits per heavy atom. The third kappa shape index (κ3) is 3.00. The fraction of sp³-hybridized carbons (Fsp3) is 0.133. The first kappa shape index (κ1) is 15.8. The molecule has 2 aromatic heterocycles. The Kier molecular flexibility index (Phi) is 3.84. The van der Waals surface area contributed by atoms with Crippen molar-refractivity contribution in [3.05, 3.63) is 42.1 Å². The molecule has 0 saturated heterocycles. The van der Waals surface area contributed by atoms with Gasteiger partial charge in [-0.25, -0.2) is 0 Å². The molecule has 0 unspecified atom stereocenters. The maximum Gasteiger partial charge on any atom is 0.417 e. The van der Waals surface area contributed by atoms with Crippen LogP contribution in [-0.4, -0.2) is 27.3 Å². The predicted molar refractivity (Wildman–Crippen MR) is 76.2 cm³/mol. The zero-order valence-electron chi connectivity index (χ0n) is 12.2. The second-order valence-corrected chi connectivity index (χ2v) is 4.74. The van der Waals surface area contributed by atoms with E-state index >= 15 is 0 Å². The molecule has 1 aromatic carbocycles. The molecule has 2 heterocycles. The molecule has 3 aromatic rings. The molecule has 0 aliphatic rings. The molecule has 6 nitrogen and oxygen atoms in total. The summed E-state index contributed by atoms with van der Waals surface area (Å²) in [5, 5.41) is 13.6. The summed E-state index contributed by atoms with van der Waals surface area (Å²) in [6, 6.07) is 6.51. The summed E-state index contributed by atoms with van der Waals surface area (Å²) in [6.07, 6.45) is -3.78. The number of alkyl halides is 3. The summed E-state index contributed by atoms with van der Waals surface area (Å²) in [4.78, 5) is 7.72. The van der Waals surface area contributed by atoms with E-state index in [9.17, 15) is 18.3 Å². The number of phenols is 1. The van der Waals surface area contributed by atoms with Crippen LogP contribution >= 0.6 is 0 Å². The molecule has 0 bridgehead atoms. The van der Waals surface area contributed by atoms with Crippen LogP contribution in [0.1, 0.15) is 5.56 Å². The molecular weight excluding hydrogens is 327 g/mol. The Balaban J connectivity index is 1.91. The molecule has 0 aliphatic carbocycles. The Labute approximate surface area is 133 Å². The normalized spacial score (nSPS) is 11.5. The van der Waals surface area contributed by atoms with Crippen molar-refractivity contribution < 1.29 is 27.5 Å². The van der Waals surface area contributed by atoms with Gasteiger partial charge in [0.2, 0.25) is 5.82 Å². The van der Waals surface area contributed by atoms with Gasteiger partial charge in [0.05, 0.1) is 18.2 Å². The minimum absolute atomic E-state index is 0.00634. The molecule has 0 aliphatic heterocycles. The van der Waals surface area contributed by atoms with Crippen molar-refractivity contribution in [1.29, 1.82) is 0 Å². The van der Waals surface area contributed by atoms with Gasteiger partial charge in [-0.1, -0.05) is 5.16 Å². The van der Waals surface area contributed by atoms with Crippen molar-refractivity contribution >= 4 is 0 Å². The van der Waals surface area contributed by atoms with Crippen LogP contribution in [0.3, 0.4) is 0 Å². The highest BCUT2D eigenvalue weighted by molar-refractivity contribution is 5.65. The van der Waals surface area contributed by atoms with Gasteiger partial charge in [-0.15, -0.1) is 0 Å². The summed E-state index contributed by atoms with van der Waals surface area (Å²) in [5.74, 6) is 0.325. The van der Waals surface area contributed by atoms with E-state index in [-0.39, 0.29) is 28.7 Å². The Morgan fingerprint density at radius 3 is 2.54 bits per heavy atom. The summed E-state index contributed by atoms with van der Waals surface area (Å²) < 4.78 is 47.6. The van der Waals surface area contributed by atoms with Gasteiger partial charge in [-0.3, -0.25) is 4.98 Å². The number of nitrogens with zero attached hydrogens (tertiary/aromatic N) is 3. The first-order valence-corrected chi connectivity index (χ1v) is 6.63. The van der Waals surface area contributed by atoms with Crippen LogP contribution in [0, 0.1) is 0 Å². The third-order valence-electron chi connectivity index (χ3n) is 3.18. The molecule has 0 spiro atoms. The SMILES string of the molecule is COc1ccc(-c2nc(-c3ccc(C(F)(F)F)cn3)no2)c(O)c1. The minimum Gasteiger partial charge on any atom is -0.507 e. The number of pyridine rings is 1. The number of rotatable bonds is 3. The molecule has 24 heavy (non-hydrogen) atoms. The molecule has 0 fully saturated rings. The Morgan fingerprint density at radius 2 is 1.96 bits per heavy atom. The standard InChI is InChI=1S/C15H10F3N3O3/c1-23-9-3-4-10(12(22)6-9)14-20-13(21-24-14)11-5-2-8(7-19-11)15(16,17)18/h2-7,22H,1H3. The number of aromatic hydroxyl groups is 1. The van der Waals surface area contributed by atoms with Crippen LogP contribution in [-0.2, 0) is 6.18 Å². The molecule has 1 N–H and O–H groups in total. The number of ether oxygens (including phenoxy) is 1. The quantitative estimate of drug-likeness (QED) is 0.787. The summed E-state index contributed by atoms with van der Waals surface area (Å²) in [6.45, 7) is 0. The van der Waals surface area contributed by atoms with Crippen molar-refractivity contribution in [2.45, 2.75) is 6.18 Å². The summed E-state index contributed by atoms with van der Waals surface area (Å²) >= 11 is 0. The van der Waals surface area contributed by atoms with Gasteiger partial charge in [0.1, 0.15) is 17.2 Å². The molecule has 3 rings (SSSR count). The van der Waals surface area contributed by atoms with E-state index in [1.165, 1.54) is 19.2 Å². The van der Waals surface area contributed by atoms with Crippen molar-refractivity contribution in [3.63, 3.8) is 0 Å². The zero-order chi connectivity index (χ0) is 17.3. The van der Waals surface area contributed by atoms with Gasteiger partial charge in [-0.2, -0.15) is 18.2 Å². The fourth-order valence-corrected chi connectivity index (χ4v) is 1.95. The van der Waals surface area contributed by atoms with E-state index < -0.39 is 11.7 Å². The number of halogens is 3. The monoisotopic (exact) mass is 337 g/mol. The number of benzene rings is 1. The van der Waals surface area contributed by atoms with Crippen molar-refractivity contribution in [2.24, 2.45) is 0 Å². The maximum absolute atomic E-state index is 12.5. The average Bonchev–Trinajstić information content (AvgIpc) is 3.03. The molecule has 0 radical (unpaired) electrons. The molecule has 0 amide bonds. The van der Waals surface area contributed by atoms with Gasteiger partial charge in [0.15, 0.2) is 0 Å². The van der Waals surface area contributed by atoms with E-state index in [0.717, 1.165) is 12.1 Å². The number of methoxy groups -OCH3 is 1. The van der Waals surface area contributed by atoms with Crippen LogP contribution < -0.4 is 4.74 Å². The van der Waals surface area contributed by atoms with Crippen LogP contribution in [0.5, 0.6) is 11.5 Å². The lowest BCUT2D eigenvalue weighted by Crippen LogP contribution is -2.05. The highest BCUT2D eigenvalue weighted by Crippen LogP contribution is 2.33. The number of hydrogen-bond acceptors (Lipinski definition) is 6. The topological polar surface area (TPSA) is 81.3 Å². The average molecular weight is 337 g/mol. The molecule has 124 valence electrons. The maximum atomic E-state index is 12.5. The fourth-order valence-electron chi connectivity index (χ4n) is 1.95. The number of hydrogen-bond donors (Lipinski definition) is 1. The van der Waals surface area contributed by atoms with Crippen LogP contribution in [0.25, 0.3) is 23.0 Å². The zero-order valence-corrected chi connectivity index (χ0v) is 12.2. The van der Waals surface area contributed by atoms with Crippen LogP contribution in [0.4, 0.5) is 13.2 Å². The van der Waals surface area contributed by atoms with Gasteiger partial charge in [-0.05, 0) is 24.3 Å². The highest BCUT2D eigenvalue weighted by Gasteiger charge is 2.30. The van der Waals surface area contributed by atoms with Crippen LogP contribution in [0.2, 0.25) is 0 Å². The van der Waals surface area contributed by atoms with E-state index in [2.05, 4.69) is 15.1 Å². The second-order valence-electron chi connectivity index (χ2n) is 4.74. The second kappa shape index (κ2) is 5.84. The lowest BCUT2D eigenvalue weighted by molar-refractivity contribution is -0.137. The lowest BCUT2D eigenvalue weighted by atomic mass is 10.2. The lowest BCUT2D eigenvalue weighted by Gasteiger charge is -2.05. The summed E-state index contributed by atoms with van der Waals surface area (Å²) in [7, 11) is 1.45. The van der Waals surface area contributed by atoms with E-state index in [1.54, 1.807) is 6.07 Å². The Bertz CT molecular complexity index is 860. The van der Waals surface area contributed by atoms with Gasteiger partial charge in [0, 0.05) is 12.3 Å².